The summed E-state index contributed by atoms with van der Waals surface area (Å²) in [6.07, 6.45) is 10.4. The lowest BCUT2D eigenvalue weighted by molar-refractivity contribution is 0.819. The van der Waals surface area contributed by atoms with Crippen LogP contribution in [0.1, 0.15) is 23.6 Å². The van der Waals surface area contributed by atoms with Crippen LogP contribution in [0.2, 0.25) is 0 Å². The molecule has 2 heteroatoms. The minimum atomic E-state index is 0.202. The number of benzene rings is 1. The first-order valence-corrected chi connectivity index (χ1v) is 7.04. The van der Waals surface area contributed by atoms with Gasteiger partial charge in [0.1, 0.15) is 0 Å². The van der Waals surface area contributed by atoms with Gasteiger partial charge < -0.3 is 0 Å². The van der Waals surface area contributed by atoms with Gasteiger partial charge in [-0.15, -0.1) is 6.58 Å². The summed E-state index contributed by atoms with van der Waals surface area (Å²) in [4.78, 5) is 9.08. The van der Waals surface area contributed by atoms with E-state index in [0.29, 0.717) is 0 Å². The zero-order valence-electron chi connectivity index (χ0n) is 12.4. The van der Waals surface area contributed by atoms with E-state index in [9.17, 15) is 0 Å². The molecule has 2 nitrogen and oxygen atoms in total. The van der Waals surface area contributed by atoms with E-state index in [2.05, 4.69) is 55.4 Å². The number of hydrogen-bond acceptors (Lipinski definition) is 2. The number of hydrogen-bond donors (Lipinski definition) is 0. The summed E-state index contributed by atoms with van der Waals surface area (Å²) in [5, 5.41) is 0. The lowest BCUT2D eigenvalue weighted by atomic mass is 10.00. The van der Waals surface area contributed by atoms with Crippen LogP contribution in [0.5, 0.6) is 0 Å². The molecule has 1 aromatic heterocycles. The highest BCUT2D eigenvalue weighted by Crippen LogP contribution is 2.22. The van der Waals surface area contributed by atoms with Crippen molar-refractivity contribution in [2.75, 3.05) is 0 Å². The first-order chi connectivity index (χ1) is 10.2. The Morgan fingerprint density at radius 2 is 1.90 bits per heavy atom. The van der Waals surface area contributed by atoms with Crippen molar-refractivity contribution in [1.82, 2.24) is 9.97 Å². The number of nitrogens with zero attached hydrogens (tertiary/aromatic N) is 2. The summed E-state index contributed by atoms with van der Waals surface area (Å²) >= 11 is 0. The van der Waals surface area contributed by atoms with E-state index in [1.807, 2.05) is 24.4 Å². The van der Waals surface area contributed by atoms with Crippen LogP contribution in [0.25, 0.3) is 11.4 Å². The second-order valence-corrected chi connectivity index (χ2v) is 4.92. The highest BCUT2D eigenvalue weighted by atomic mass is 14.9. The Balaban J connectivity index is 2.35. The van der Waals surface area contributed by atoms with Crippen molar-refractivity contribution in [3.63, 3.8) is 0 Å². The largest absolute Gasteiger partial charge is 0.237 e. The van der Waals surface area contributed by atoms with Gasteiger partial charge in [0.05, 0.1) is 5.69 Å². The Hall–Kier alpha value is -2.48. The zero-order chi connectivity index (χ0) is 15.1. The average molecular weight is 276 g/mol. The molecule has 1 aromatic carbocycles. The Morgan fingerprint density at radius 1 is 1.14 bits per heavy atom. The van der Waals surface area contributed by atoms with Gasteiger partial charge in [0.2, 0.25) is 0 Å². The van der Waals surface area contributed by atoms with E-state index in [4.69, 9.17) is 4.98 Å². The quantitative estimate of drug-likeness (QED) is 0.556. The molecule has 1 atom stereocenters. The zero-order valence-corrected chi connectivity index (χ0v) is 12.4. The van der Waals surface area contributed by atoms with E-state index >= 15 is 0 Å². The molecule has 2 aromatic rings. The summed E-state index contributed by atoms with van der Waals surface area (Å²) < 4.78 is 0. The Morgan fingerprint density at radius 3 is 2.57 bits per heavy atom. The molecule has 0 aliphatic rings. The minimum Gasteiger partial charge on any atom is -0.237 e. The van der Waals surface area contributed by atoms with Crippen LogP contribution in [0.3, 0.4) is 0 Å². The van der Waals surface area contributed by atoms with Crippen LogP contribution in [0.4, 0.5) is 0 Å². The van der Waals surface area contributed by atoms with E-state index in [1.54, 1.807) is 6.08 Å². The van der Waals surface area contributed by atoms with Crippen molar-refractivity contribution in [2.24, 2.45) is 0 Å². The molecule has 0 saturated heterocycles. The van der Waals surface area contributed by atoms with E-state index < -0.39 is 0 Å². The molecule has 0 aliphatic carbocycles. The molecule has 2 rings (SSSR count). The second kappa shape index (κ2) is 7.34. The van der Waals surface area contributed by atoms with Gasteiger partial charge in [-0.2, -0.15) is 0 Å². The third kappa shape index (κ3) is 3.99. The maximum Gasteiger partial charge on any atom is 0.159 e. The Kier molecular flexibility index (Phi) is 5.22. The lowest BCUT2D eigenvalue weighted by Crippen LogP contribution is -2.00. The molecule has 0 spiro atoms. The van der Waals surface area contributed by atoms with Crippen molar-refractivity contribution in [3.8, 4) is 11.4 Å². The Labute approximate surface area is 126 Å². The minimum absolute atomic E-state index is 0.202. The summed E-state index contributed by atoms with van der Waals surface area (Å²) in [6, 6.07) is 10.2. The second-order valence-electron chi connectivity index (χ2n) is 4.92. The molecular weight excluding hydrogens is 256 g/mol. The van der Waals surface area contributed by atoms with Crippen molar-refractivity contribution >= 4 is 0 Å². The number of rotatable bonds is 6. The van der Waals surface area contributed by atoms with Gasteiger partial charge in [-0.05, 0) is 19.4 Å². The van der Waals surface area contributed by atoms with Gasteiger partial charge in [0.25, 0.3) is 0 Å². The molecule has 0 amide bonds. The van der Waals surface area contributed by atoms with Crippen LogP contribution >= 0.6 is 0 Å². The van der Waals surface area contributed by atoms with Crippen LogP contribution in [0, 0.1) is 6.92 Å². The van der Waals surface area contributed by atoms with Gasteiger partial charge >= 0.3 is 0 Å². The first-order valence-electron chi connectivity index (χ1n) is 7.04. The molecule has 0 saturated carbocycles. The molecular formula is C19H20N2. The maximum atomic E-state index is 4.70. The van der Waals surface area contributed by atoms with E-state index in [1.165, 1.54) is 5.56 Å². The predicted octanol–water partition coefficient (Wildman–Crippen LogP) is 4.85. The highest BCUT2D eigenvalue weighted by Gasteiger charge is 2.10. The summed E-state index contributed by atoms with van der Waals surface area (Å²) in [5.41, 5.74) is 3.26. The molecule has 0 fully saturated rings. The fourth-order valence-corrected chi connectivity index (χ4v) is 2.11. The van der Waals surface area contributed by atoms with Gasteiger partial charge in [-0.25, -0.2) is 9.97 Å². The summed E-state index contributed by atoms with van der Waals surface area (Å²) in [5.74, 6) is 0.960. The molecule has 0 N–H and O–H groups in total. The SMILES string of the molecule is C=C/C=C\C(CC=C)c1ccnc(-c2ccc(C)cc2)n1. The number of aromatic nitrogens is 2. The molecule has 106 valence electrons. The van der Waals surface area contributed by atoms with Crippen molar-refractivity contribution in [1.29, 1.82) is 0 Å². The van der Waals surface area contributed by atoms with Crippen LogP contribution in [-0.4, -0.2) is 9.97 Å². The number of allylic oxidation sites excluding steroid dienone is 4. The average Bonchev–Trinajstić information content (AvgIpc) is 2.52. The summed E-state index contributed by atoms with van der Waals surface area (Å²) in [7, 11) is 0. The first kappa shape index (κ1) is 14.9. The van der Waals surface area contributed by atoms with Crippen LogP contribution < -0.4 is 0 Å². The smallest absolute Gasteiger partial charge is 0.159 e. The topological polar surface area (TPSA) is 25.8 Å². The molecule has 21 heavy (non-hydrogen) atoms. The predicted molar refractivity (Wildman–Crippen MR) is 89.1 cm³/mol. The third-order valence-electron chi connectivity index (χ3n) is 3.27. The van der Waals surface area contributed by atoms with Crippen LogP contribution in [-0.2, 0) is 0 Å². The van der Waals surface area contributed by atoms with Crippen LogP contribution in [0.15, 0.2) is 74.0 Å². The third-order valence-corrected chi connectivity index (χ3v) is 3.27. The van der Waals surface area contributed by atoms with Crippen molar-refractivity contribution in [3.05, 3.63) is 85.2 Å². The van der Waals surface area contributed by atoms with Crippen molar-refractivity contribution < 1.29 is 0 Å². The van der Waals surface area contributed by atoms with E-state index in [-0.39, 0.29) is 5.92 Å². The molecule has 0 radical (unpaired) electrons. The monoisotopic (exact) mass is 276 g/mol. The van der Waals surface area contributed by atoms with Gasteiger partial charge in [0, 0.05) is 17.7 Å². The molecule has 0 bridgehead atoms. The fraction of sp³-hybridized carbons (Fsp3) is 0.158. The normalized spacial score (nSPS) is 12.2. The van der Waals surface area contributed by atoms with Gasteiger partial charge in [-0.1, -0.05) is 60.7 Å². The summed E-state index contributed by atoms with van der Waals surface area (Å²) in [6.45, 7) is 9.61. The lowest BCUT2D eigenvalue weighted by Gasteiger charge is -2.11. The van der Waals surface area contributed by atoms with Crippen molar-refractivity contribution in [2.45, 2.75) is 19.3 Å². The molecule has 0 aliphatic heterocycles. The van der Waals surface area contributed by atoms with Gasteiger partial charge in [-0.3, -0.25) is 0 Å². The highest BCUT2D eigenvalue weighted by molar-refractivity contribution is 5.55. The molecule has 1 unspecified atom stereocenters. The Bertz CT molecular complexity index is 639. The number of aryl methyl sites for hydroxylation is 1. The fourth-order valence-electron chi connectivity index (χ4n) is 2.11. The standard InChI is InChI=1S/C19H20N2/c1-4-6-8-16(7-5-2)18-13-14-20-19(21-18)17-11-9-15(3)10-12-17/h4-6,8-14,16H,1-2,7H2,3H3/b8-6-. The maximum absolute atomic E-state index is 4.70. The molecule has 1 heterocycles. The van der Waals surface area contributed by atoms with E-state index in [0.717, 1.165) is 23.5 Å². The van der Waals surface area contributed by atoms with Gasteiger partial charge in [0.15, 0.2) is 5.82 Å².